The summed E-state index contributed by atoms with van der Waals surface area (Å²) in [5.74, 6) is 0.230. The van der Waals surface area contributed by atoms with Gasteiger partial charge in [-0.05, 0) is 61.8 Å². The Labute approximate surface area is 225 Å². The number of amides is 1. The summed E-state index contributed by atoms with van der Waals surface area (Å²) in [5, 5.41) is 0.260. The first kappa shape index (κ1) is 26.6. The van der Waals surface area contributed by atoms with Crippen molar-refractivity contribution in [3.63, 3.8) is 0 Å². The molecule has 0 N–H and O–H groups in total. The highest BCUT2D eigenvalue weighted by Gasteiger charge is 2.30. The smallest absolute Gasteiger partial charge is 0.259 e. The number of sulfonamides is 1. The average molecular weight is 536 g/mol. The Hall–Kier alpha value is -2.97. The monoisotopic (exact) mass is 535 g/mol. The molecule has 2 aliphatic rings. The lowest BCUT2D eigenvalue weighted by Gasteiger charge is -2.32. The normalized spacial score (nSPS) is 17.8. The summed E-state index contributed by atoms with van der Waals surface area (Å²) in [7, 11) is -0.337. The van der Waals surface area contributed by atoms with Crippen molar-refractivity contribution in [2.75, 3.05) is 20.1 Å². The molecule has 1 aromatic heterocycles. The second-order valence-electron chi connectivity index (χ2n) is 10.9. The topological polar surface area (TPSA) is 79.7 Å². The fraction of sp³-hybridized carbons (Fsp3) is 0.467. The van der Waals surface area contributed by atoms with Crippen molar-refractivity contribution >= 4 is 26.8 Å². The minimum atomic E-state index is -3.76. The van der Waals surface area contributed by atoms with Crippen LogP contribution < -0.4 is 5.43 Å². The van der Waals surface area contributed by atoms with Gasteiger partial charge in [-0.2, -0.15) is 4.31 Å². The van der Waals surface area contributed by atoms with E-state index in [0.29, 0.717) is 24.5 Å². The van der Waals surface area contributed by atoms with Crippen LogP contribution in [0.4, 0.5) is 0 Å². The molecule has 1 aliphatic heterocycles. The number of nitrogens with zero attached hydrogens (tertiary/aromatic N) is 3. The second kappa shape index (κ2) is 11.0. The largest absolute Gasteiger partial charge is 0.350 e. The lowest BCUT2D eigenvalue weighted by molar-refractivity contribution is 0.0688. The average Bonchev–Trinajstić information content (AvgIpc) is 2.95. The molecule has 2 aromatic carbocycles. The summed E-state index contributed by atoms with van der Waals surface area (Å²) >= 11 is 0. The van der Waals surface area contributed by atoms with Gasteiger partial charge in [0.2, 0.25) is 15.5 Å². The van der Waals surface area contributed by atoms with E-state index in [-0.39, 0.29) is 27.8 Å². The number of hydrogen-bond acceptors (Lipinski definition) is 4. The molecule has 2 fully saturated rings. The molecule has 1 amide bonds. The third kappa shape index (κ3) is 5.29. The Morgan fingerprint density at radius 2 is 1.66 bits per heavy atom. The van der Waals surface area contributed by atoms with E-state index in [1.807, 2.05) is 18.2 Å². The van der Waals surface area contributed by atoms with E-state index in [1.165, 1.54) is 15.9 Å². The van der Waals surface area contributed by atoms with Crippen LogP contribution in [-0.2, 0) is 23.5 Å². The van der Waals surface area contributed by atoms with E-state index in [2.05, 4.69) is 12.1 Å². The molecular formula is C30H37N3O4S. The molecular weight excluding hydrogens is 498 g/mol. The van der Waals surface area contributed by atoms with Crippen LogP contribution in [0.2, 0.25) is 0 Å². The Morgan fingerprint density at radius 1 is 0.974 bits per heavy atom. The summed E-state index contributed by atoms with van der Waals surface area (Å²) in [4.78, 5) is 28.9. The fourth-order valence-electron chi connectivity index (χ4n) is 6.05. The van der Waals surface area contributed by atoms with Crippen LogP contribution in [0, 0.1) is 5.92 Å². The number of benzene rings is 2. The van der Waals surface area contributed by atoms with Crippen LogP contribution in [0.1, 0.15) is 60.9 Å². The SMILES string of the molecule is CN(C1CCCCC1)S(=O)(=O)c1ccc2c(c1)c(=O)c(C(=O)N1CCC(Cc3ccccc3)CC1)cn2C. The van der Waals surface area contributed by atoms with Gasteiger partial charge in [0.25, 0.3) is 5.91 Å². The molecule has 1 aliphatic carbocycles. The standard InChI is InChI=1S/C30H37N3O4S/c1-31-21-27(30(35)33-17-15-23(16-18-33)19-22-9-5-3-6-10-22)29(34)26-20-25(13-14-28(26)31)38(36,37)32(2)24-11-7-4-8-12-24/h3,5-6,9-10,13-14,20-21,23-24H,4,7-8,11-12,15-19H2,1-2H3. The Balaban J connectivity index is 1.37. The van der Waals surface area contributed by atoms with Gasteiger partial charge < -0.3 is 9.47 Å². The molecule has 8 heteroatoms. The zero-order valence-electron chi connectivity index (χ0n) is 22.3. The third-order valence-corrected chi connectivity index (χ3v) is 10.3. The first-order valence-corrected chi connectivity index (χ1v) is 15.1. The highest BCUT2D eigenvalue weighted by molar-refractivity contribution is 7.89. The van der Waals surface area contributed by atoms with Gasteiger partial charge in [0.15, 0.2) is 0 Å². The summed E-state index contributed by atoms with van der Waals surface area (Å²) in [6, 6.07) is 15.1. The maximum Gasteiger partial charge on any atom is 0.259 e. The minimum absolute atomic E-state index is 0.0231. The van der Waals surface area contributed by atoms with Crippen molar-refractivity contribution in [1.29, 1.82) is 0 Å². The molecule has 2 heterocycles. The van der Waals surface area contributed by atoms with E-state index in [9.17, 15) is 18.0 Å². The van der Waals surface area contributed by atoms with Gasteiger partial charge in [0.1, 0.15) is 5.56 Å². The lowest BCUT2D eigenvalue weighted by atomic mass is 9.90. The molecule has 0 bridgehead atoms. The van der Waals surface area contributed by atoms with Crippen LogP contribution >= 0.6 is 0 Å². The summed E-state index contributed by atoms with van der Waals surface area (Å²) in [6.45, 7) is 1.22. The summed E-state index contributed by atoms with van der Waals surface area (Å²) < 4.78 is 30.1. The van der Waals surface area contributed by atoms with Crippen molar-refractivity contribution in [3.05, 3.63) is 76.1 Å². The molecule has 5 rings (SSSR count). The van der Waals surface area contributed by atoms with Crippen LogP contribution in [0.5, 0.6) is 0 Å². The van der Waals surface area contributed by atoms with Crippen LogP contribution in [0.15, 0.2) is 64.4 Å². The number of hydrogen-bond donors (Lipinski definition) is 0. The molecule has 7 nitrogen and oxygen atoms in total. The number of fused-ring (bicyclic) bond motifs is 1. The molecule has 0 spiro atoms. The predicted molar refractivity (Wildman–Crippen MR) is 150 cm³/mol. The Bertz CT molecular complexity index is 1470. The van der Waals surface area contributed by atoms with Crippen molar-refractivity contribution in [2.24, 2.45) is 13.0 Å². The van der Waals surface area contributed by atoms with Crippen molar-refractivity contribution in [1.82, 2.24) is 13.8 Å². The second-order valence-corrected chi connectivity index (χ2v) is 12.9. The highest BCUT2D eigenvalue weighted by atomic mass is 32.2. The molecule has 1 saturated carbocycles. The predicted octanol–water partition coefficient (Wildman–Crippen LogP) is 4.59. The van der Waals surface area contributed by atoms with Crippen LogP contribution in [0.3, 0.4) is 0 Å². The zero-order valence-corrected chi connectivity index (χ0v) is 23.1. The van der Waals surface area contributed by atoms with Gasteiger partial charge in [-0.3, -0.25) is 9.59 Å². The number of likely N-dealkylation sites (tertiary alicyclic amines) is 1. The number of piperidine rings is 1. The highest BCUT2D eigenvalue weighted by Crippen LogP contribution is 2.28. The third-order valence-electron chi connectivity index (χ3n) is 8.43. The van der Waals surface area contributed by atoms with Crippen LogP contribution in [-0.4, -0.2) is 54.3 Å². The van der Waals surface area contributed by atoms with Crippen molar-refractivity contribution < 1.29 is 13.2 Å². The zero-order chi connectivity index (χ0) is 26.9. The molecule has 3 aromatic rings. The minimum Gasteiger partial charge on any atom is -0.350 e. The Morgan fingerprint density at radius 3 is 2.34 bits per heavy atom. The Kier molecular flexibility index (Phi) is 7.73. The molecule has 202 valence electrons. The van der Waals surface area contributed by atoms with Gasteiger partial charge in [-0.1, -0.05) is 49.6 Å². The van der Waals surface area contributed by atoms with E-state index < -0.39 is 15.5 Å². The summed E-state index contributed by atoms with van der Waals surface area (Å²) in [5.41, 5.74) is 1.59. The van der Waals surface area contributed by atoms with Gasteiger partial charge in [0, 0.05) is 44.8 Å². The number of carbonyl (C=O) groups excluding carboxylic acids is 1. The van der Waals surface area contributed by atoms with Crippen molar-refractivity contribution in [2.45, 2.75) is 62.3 Å². The quantitative estimate of drug-likeness (QED) is 0.463. The summed E-state index contributed by atoms with van der Waals surface area (Å²) in [6.07, 6.45) is 9.26. The number of carbonyl (C=O) groups is 1. The van der Waals surface area contributed by atoms with Crippen molar-refractivity contribution in [3.8, 4) is 0 Å². The molecule has 38 heavy (non-hydrogen) atoms. The first-order valence-electron chi connectivity index (χ1n) is 13.7. The molecule has 0 atom stereocenters. The van der Waals surface area contributed by atoms with Crippen LogP contribution in [0.25, 0.3) is 10.9 Å². The van der Waals surface area contributed by atoms with E-state index in [4.69, 9.17) is 0 Å². The maximum absolute atomic E-state index is 13.6. The van der Waals surface area contributed by atoms with E-state index >= 15 is 0 Å². The molecule has 0 unspecified atom stereocenters. The van der Waals surface area contributed by atoms with Gasteiger partial charge in [-0.15, -0.1) is 0 Å². The number of aromatic nitrogens is 1. The first-order chi connectivity index (χ1) is 18.3. The van der Waals surface area contributed by atoms with E-state index in [0.717, 1.165) is 51.4 Å². The molecule has 0 radical (unpaired) electrons. The fourth-order valence-corrected chi connectivity index (χ4v) is 7.49. The number of aryl methyl sites for hydroxylation is 1. The van der Waals surface area contributed by atoms with Gasteiger partial charge >= 0.3 is 0 Å². The van der Waals surface area contributed by atoms with E-state index in [1.54, 1.807) is 41.9 Å². The van der Waals surface area contributed by atoms with Gasteiger partial charge in [-0.25, -0.2) is 8.42 Å². The number of rotatable bonds is 6. The lowest BCUT2D eigenvalue weighted by Crippen LogP contribution is -2.41. The number of pyridine rings is 1. The molecule has 1 saturated heterocycles. The maximum atomic E-state index is 13.6. The van der Waals surface area contributed by atoms with Gasteiger partial charge in [0.05, 0.1) is 10.4 Å².